The van der Waals surface area contributed by atoms with Gasteiger partial charge in [0.05, 0.1) is 18.1 Å². The van der Waals surface area contributed by atoms with Gasteiger partial charge in [-0.15, -0.1) is 0 Å². The zero-order valence-electron chi connectivity index (χ0n) is 8.49. The third kappa shape index (κ3) is 2.82. The van der Waals surface area contributed by atoms with Crippen molar-refractivity contribution in [1.82, 2.24) is 15.0 Å². The fourth-order valence-corrected chi connectivity index (χ4v) is 1.36. The first-order valence-electron chi connectivity index (χ1n) is 4.57. The predicted octanol–water partition coefficient (Wildman–Crippen LogP) is 0.971. The Balaban J connectivity index is 2.66. The van der Waals surface area contributed by atoms with Crippen LogP contribution in [0.15, 0.2) is 12.5 Å². The van der Waals surface area contributed by atoms with E-state index in [1.807, 2.05) is 17.8 Å². The fourth-order valence-electron chi connectivity index (χ4n) is 1.36. The molecule has 0 radical (unpaired) electrons. The van der Waals surface area contributed by atoms with E-state index in [2.05, 4.69) is 24.3 Å². The number of hydrazine groups is 1. The number of hydrogen-bond donors (Lipinski definition) is 2. The van der Waals surface area contributed by atoms with Crippen molar-refractivity contribution in [3.63, 3.8) is 0 Å². The summed E-state index contributed by atoms with van der Waals surface area (Å²) in [5, 5.41) is 0. The summed E-state index contributed by atoms with van der Waals surface area (Å²) in [6.45, 7) is 4.35. The maximum Gasteiger partial charge on any atom is 0.0947 e. The summed E-state index contributed by atoms with van der Waals surface area (Å²) >= 11 is 0. The molecule has 1 aromatic rings. The molecule has 0 fully saturated rings. The largest absolute Gasteiger partial charge is 0.340 e. The summed E-state index contributed by atoms with van der Waals surface area (Å²) in [7, 11) is 1.96. The van der Waals surface area contributed by atoms with Gasteiger partial charge < -0.3 is 4.57 Å². The van der Waals surface area contributed by atoms with E-state index >= 15 is 0 Å². The number of imidazole rings is 1. The van der Waals surface area contributed by atoms with E-state index in [0.29, 0.717) is 5.92 Å². The van der Waals surface area contributed by atoms with Crippen LogP contribution < -0.4 is 11.3 Å². The Labute approximate surface area is 79.1 Å². The highest BCUT2D eigenvalue weighted by atomic mass is 15.2. The second-order valence-corrected chi connectivity index (χ2v) is 3.81. The lowest BCUT2D eigenvalue weighted by atomic mass is 10.0. The van der Waals surface area contributed by atoms with E-state index in [1.54, 1.807) is 6.33 Å². The van der Waals surface area contributed by atoms with E-state index in [4.69, 9.17) is 5.84 Å². The molecule has 4 heteroatoms. The molecule has 13 heavy (non-hydrogen) atoms. The van der Waals surface area contributed by atoms with Crippen LogP contribution in [0.1, 0.15) is 32.0 Å². The molecule has 74 valence electrons. The molecular weight excluding hydrogens is 164 g/mol. The Morgan fingerprint density at radius 1 is 1.62 bits per heavy atom. The van der Waals surface area contributed by atoms with Crippen LogP contribution in [0, 0.1) is 5.92 Å². The average Bonchev–Trinajstić information content (AvgIpc) is 2.47. The van der Waals surface area contributed by atoms with Crippen molar-refractivity contribution >= 4 is 0 Å². The van der Waals surface area contributed by atoms with Crippen molar-refractivity contribution in [3.8, 4) is 0 Å². The molecule has 0 saturated carbocycles. The molecular formula is C9H18N4. The normalized spacial score (nSPS) is 13.6. The summed E-state index contributed by atoms with van der Waals surface area (Å²) in [6.07, 6.45) is 4.79. The predicted molar refractivity (Wildman–Crippen MR) is 52.7 cm³/mol. The van der Waals surface area contributed by atoms with E-state index in [1.165, 1.54) is 0 Å². The molecule has 4 nitrogen and oxygen atoms in total. The maximum absolute atomic E-state index is 5.46. The molecule has 1 atom stereocenters. The number of aryl methyl sites for hydroxylation is 1. The number of rotatable bonds is 4. The lowest BCUT2D eigenvalue weighted by Crippen LogP contribution is -2.29. The van der Waals surface area contributed by atoms with Crippen molar-refractivity contribution in [2.75, 3.05) is 0 Å². The Bertz CT molecular complexity index is 254. The van der Waals surface area contributed by atoms with Crippen molar-refractivity contribution in [2.24, 2.45) is 18.8 Å². The van der Waals surface area contributed by atoms with Crippen LogP contribution >= 0.6 is 0 Å². The highest BCUT2D eigenvalue weighted by molar-refractivity contribution is 5.03. The number of aromatic nitrogens is 2. The highest BCUT2D eigenvalue weighted by Gasteiger charge is 2.13. The Morgan fingerprint density at radius 2 is 2.31 bits per heavy atom. The molecule has 1 unspecified atom stereocenters. The molecule has 1 aromatic heterocycles. The molecule has 1 heterocycles. The molecule has 0 aromatic carbocycles. The molecule has 0 aliphatic carbocycles. The van der Waals surface area contributed by atoms with Gasteiger partial charge in [0.15, 0.2) is 0 Å². The minimum absolute atomic E-state index is 0.168. The Morgan fingerprint density at radius 3 is 2.69 bits per heavy atom. The van der Waals surface area contributed by atoms with Gasteiger partial charge in [-0.25, -0.2) is 4.98 Å². The number of nitrogens with two attached hydrogens (primary N) is 1. The molecule has 3 N–H and O–H groups in total. The number of hydrogen-bond acceptors (Lipinski definition) is 3. The highest BCUT2D eigenvalue weighted by Crippen LogP contribution is 2.17. The second kappa shape index (κ2) is 4.39. The summed E-state index contributed by atoms with van der Waals surface area (Å²) in [6, 6.07) is 0.168. The van der Waals surface area contributed by atoms with Crippen LogP contribution in [-0.2, 0) is 7.05 Å². The summed E-state index contributed by atoms with van der Waals surface area (Å²) in [5.74, 6) is 6.08. The van der Waals surface area contributed by atoms with Gasteiger partial charge in [0, 0.05) is 13.2 Å². The van der Waals surface area contributed by atoms with Gasteiger partial charge in [0.2, 0.25) is 0 Å². The first-order chi connectivity index (χ1) is 6.13. The van der Waals surface area contributed by atoms with Gasteiger partial charge >= 0.3 is 0 Å². The molecule has 0 aliphatic rings. The van der Waals surface area contributed by atoms with Crippen molar-refractivity contribution < 1.29 is 0 Å². The zero-order valence-corrected chi connectivity index (χ0v) is 8.49. The second-order valence-electron chi connectivity index (χ2n) is 3.81. The van der Waals surface area contributed by atoms with Gasteiger partial charge in [0.25, 0.3) is 0 Å². The fraction of sp³-hybridized carbons (Fsp3) is 0.667. The summed E-state index contributed by atoms with van der Waals surface area (Å²) in [5.41, 5.74) is 3.80. The lowest BCUT2D eigenvalue weighted by molar-refractivity contribution is 0.431. The quantitative estimate of drug-likeness (QED) is 0.539. The molecule has 0 spiro atoms. The van der Waals surface area contributed by atoms with Crippen molar-refractivity contribution in [2.45, 2.75) is 26.3 Å². The van der Waals surface area contributed by atoms with Gasteiger partial charge in [0.1, 0.15) is 0 Å². The monoisotopic (exact) mass is 182 g/mol. The third-order valence-corrected chi connectivity index (χ3v) is 1.99. The first kappa shape index (κ1) is 10.2. The minimum atomic E-state index is 0.168. The smallest absolute Gasteiger partial charge is 0.0947 e. The van der Waals surface area contributed by atoms with E-state index in [-0.39, 0.29) is 6.04 Å². The van der Waals surface area contributed by atoms with Gasteiger partial charge in [-0.2, -0.15) is 0 Å². The SMILES string of the molecule is CC(C)CC(NN)c1cn(C)cn1. The van der Waals surface area contributed by atoms with E-state index in [0.717, 1.165) is 12.1 Å². The zero-order chi connectivity index (χ0) is 9.84. The standard InChI is InChI=1S/C9H18N4/c1-7(2)4-8(12-10)9-5-13(3)6-11-9/h5-8,12H,4,10H2,1-3H3. The molecule has 0 bridgehead atoms. The molecule has 0 amide bonds. The van der Waals surface area contributed by atoms with Crippen LogP contribution in [0.4, 0.5) is 0 Å². The molecule has 0 saturated heterocycles. The van der Waals surface area contributed by atoms with Crippen LogP contribution in [-0.4, -0.2) is 9.55 Å². The van der Waals surface area contributed by atoms with Gasteiger partial charge in [-0.05, 0) is 12.3 Å². The number of nitrogens with one attached hydrogen (secondary N) is 1. The first-order valence-corrected chi connectivity index (χ1v) is 4.57. The summed E-state index contributed by atoms with van der Waals surface area (Å²) < 4.78 is 1.93. The molecule has 1 rings (SSSR count). The van der Waals surface area contributed by atoms with E-state index in [9.17, 15) is 0 Å². The minimum Gasteiger partial charge on any atom is -0.340 e. The average molecular weight is 182 g/mol. The van der Waals surface area contributed by atoms with E-state index < -0.39 is 0 Å². The summed E-state index contributed by atoms with van der Waals surface area (Å²) in [4.78, 5) is 4.26. The molecule has 0 aliphatic heterocycles. The number of nitrogens with zero attached hydrogens (tertiary/aromatic N) is 2. The lowest BCUT2D eigenvalue weighted by Gasteiger charge is -2.15. The topological polar surface area (TPSA) is 55.9 Å². The van der Waals surface area contributed by atoms with Crippen LogP contribution in [0.3, 0.4) is 0 Å². The third-order valence-electron chi connectivity index (χ3n) is 1.99. The van der Waals surface area contributed by atoms with Crippen molar-refractivity contribution in [3.05, 3.63) is 18.2 Å². The van der Waals surface area contributed by atoms with Gasteiger partial charge in [-0.3, -0.25) is 11.3 Å². The van der Waals surface area contributed by atoms with Crippen LogP contribution in [0.2, 0.25) is 0 Å². The Hall–Kier alpha value is -0.870. The maximum atomic E-state index is 5.46. The van der Waals surface area contributed by atoms with Gasteiger partial charge in [-0.1, -0.05) is 13.8 Å². The van der Waals surface area contributed by atoms with Crippen LogP contribution in [0.5, 0.6) is 0 Å². The van der Waals surface area contributed by atoms with Crippen LogP contribution in [0.25, 0.3) is 0 Å². The van der Waals surface area contributed by atoms with Crippen molar-refractivity contribution in [1.29, 1.82) is 0 Å². The Kier molecular flexibility index (Phi) is 3.45.